The van der Waals surface area contributed by atoms with Gasteiger partial charge in [0.2, 0.25) is 11.5 Å². The van der Waals surface area contributed by atoms with E-state index in [9.17, 15) is 9.59 Å². The van der Waals surface area contributed by atoms with E-state index in [1.54, 1.807) is 30.0 Å². The zero-order valence-electron chi connectivity index (χ0n) is 16.5. The quantitative estimate of drug-likeness (QED) is 0.285. The molecule has 3 N–H and O–H groups in total. The molecule has 8 nitrogen and oxygen atoms in total. The lowest BCUT2D eigenvalue weighted by Crippen LogP contribution is -2.43. The number of methoxy groups -OCH3 is 1. The topological polar surface area (TPSA) is 103 Å². The molecule has 1 aromatic carbocycles. The van der Waals surface area contributed by atoms with Crippen LogP contribution in [0.4, 0.5) is 5.82 Å². The Morgan fingerprint density at radius 2 is 1.97 bits per heavy atom. The molecule has 0 fully saturated rings. The molecule has 0 atom stereocenters. The monoisotopic (exact) mass is 404 g/mol. The first kappa shape index (κ1) is 19.5. The van der Waals surface area contributed by atoms with Crippen molar-refractivity contribution in [3.05, 3.63) is 82.3 Å². The number of nitrogens with two attached hydrogens (primary N) is 1. The summed E-state index contributed by atoms with van der Waals surface area (Å²) in [6.45, 7) is 1.08. The lowest BCUT2D eigenvalue weighted by Gasteiger charge is -2.12. The lowest BCUT2D eigenvalue weighted by atomic mass is 10.1. The van der Waals surface area contributed by atoms with Gasteiger partial charge in [-0.1, -0.05) is 41.4 Å². The van der Waals surface area contributed by atoms with Gasteiger partial charge in [-0.15, -0.1) is 0 Å². The first-order valence-corrected chi connectivity index (χ1v) is 9.54. The molecule has 8 heteroatoms. The van der Waals surface area contributed by atoms with E-state index in [1.165, 1.54) is 10.5 Å². The molecule has 0 aliphatic carbocycles. The molecule has 0 aliphatic heterocycles. The van der Waals surface area contributed by atoms with Crippen LogP contribution in [0.5, 0.6) is 0 Å². The van der Waals surface area contributed by atoms with E-state index in [0.29, 0.717) is 36.4 Å². The number of nitrogens with one attached hydrogen (secondary N) is 1. The van der Waals surface area contributed by atoms with Crippen LogP contribution in [0.1, 0.15) is 15.9 Å². The van der Waals surface area contributed by atoms with Crippen LogP contribution < -0.4 is 21.2 Å². The highest BCUT2D eigenvalue weighted by Crippen LogP contribution is 2.15. The zero-order valence-corrected chi connectivity index (χ0v) is 16.5. The SMILES string of the molecule is COCCNC(=O)c1cc2c(=O)n3ccccc3nc2[n+](Cc2ccccc2)c1N. The average Bonchev–Trinajstić information content (AvgIpc) is 2.77. The van der Waals surface area contributed by atoms with E-state index in [0.717, 1.165) is 5.56 Å². The Bertz CT molecular complexity index is 1280. The van der Waals surface area contributed by atoms with Crippen LogP contribution in [0.2, 0.25) is 0 Å². The number of nitrogen functional groups attached to an aromatic ring is 1. The van der Waals surface area contributed by atoms with Crippen molar-refractivity contribution >= 4 is 28.4 Å². The molecule has 30 heavy (non-hydrogen) atoms. The number of benzene rings is 1. The highest BCUT2D eigenvalue weighted by molar-refractivity contribution is 6.00. The Labute approximate surface area is 172 Å². The Kier molecular flexibility index (Phi) is 5.40. The van der Waals surface area contributed by atoms with Crippen LogP contribution in [0.15, 0.2) is 65.6 Å². The van der Waals surface area contributed by atoms with Gasteiger partial charge in [0, 0.05) is 19.9 Å². The first-order valence-electron chi connectivity index (χ1n) is 9.54. The largest absolute Gasteiger partial charge is 0.383 e. The summed E-state index contributed by atoms with van der Waals surface area (Å²) in [6.07, 6.45) is 1.65. The number of carbonyl (C=O) groups is 1. The number of hydrogen-bond acceptors (Lipinski definition) is 5. The minimum atomic E-state index is -0.370. The number of anilines is 1. The van der Waals surface area contributed by atoms with E-state index >= 15 is 0 Å². The normalized spacial score (nSPS) is 11.1. The second kappa shape index (κ2) is 8.30. The predicted octanol–water partition coefficient (Wildman–Crippen LogP) is 1.14. The summed E-state index contributed by atoms with van der Waals surface area (Å²) in [6, 6.07) is 16.5. The third kappa shape index (κ3) is 3.60. The van der Waals surface area contributed by atoms with Gasteiger partial charge in [-0.2, -0.15) is 0 Å². The minimum absolute atomic E-state index is 0.226. The summed E-state index contributed by atoms with van der Waals surface area (Å²) in [5.41, 5.74) is 8.30. The molecule has 0 aliphatic rings. The van der Waals surface area contributed by atoms with Gasteiger partial charge in [0.25, 0.3) is 17.1 Å². The zero-order chi connectivity index (χ0) is 21.1. The maximum absolute atomic E-state index is 13.2. The molecule has 4 aromatic rings. The van der Waals surface area contributed by atoms with E-state index < -0.39 is 0 Å². The Hall–Kier alpha value is -3.78. The predicted molar refractivity (Wildman–Crippen MR) is 113 cm³/mol. The van der Waals surface area contributed by atoms with Crippen molar-refractivity contribution in [2.75, 3.05) is 26.0 Å². The minimum Gasteiger partial charge on any atom is -0.383 e. The fourth-order valence-corrected chi connectivity index (χ4v) is 3.37. The smallest absolute Gasteiger partial charge is 0.278 e. The Balaban J connectivity index is 1.95. The number of hydrogen-bond donors (Lipinski definition) is 2. The van der Waals surface area contributed by atoms with Crippen LogP contribution in [0.25, 0.3) is 16.7 Å². The van der Waals surface area contributed by atoms with Crippen molar-refractivity contribution in [1.29, 1.82) is 0 Å². The molecule has 3 heterocycles. The van der Waals surface area contributed by atoms with E-state index in [1.807, 2.05) is 36.4 Å². The molecule has 0 spiro atoms. The second-order valence-corrected chi connectivity index (χ2v) is 6.85. The number of rotatable bonds is 6. The Morgan fingerprint density at radius 3 is 2.73 bits per heavy atom. The molecule has 1 amide bonds. The van der Waals surface area contributed by atoms with Gasteiger partial charge in [0.05, 0.1) is 13.2 Å². The molecule has 0 saturated heterocycles. The molecule has 3 aromatic heterocycles. The lowest BCUT2D eigenvalue weighted by molar-refractivity contribution is -0.649. The summed E-state index contributed by atoms with van der Waals surface area (Å²) in [7, 11) is 1.56. The van der Waals surface area contributed by atoms with E-state index in [4.69, 9.17) is 10.5 Å². The van der Waals surface area contributed by atoms with Gasteiger partial charge in [-0.25, -0.2) is 4.57 Å². The van der Waals surface area contributed by atoms with Crippen molar-refractivity contribution in [2.24, 2.45) is 0 Å². The molecule has 0 bridgehead atoms. The Morgan fingerprint density at radius 1 is 1.20 bits per heavy atom. The fraction of sp³-hybridized carbons (Fsp3) is 0.182. The first-order chi connectivity index (χ1) is 14.6. The van der Waals surface area contributed by atoms with Crippen molar-refractivity contribution in [3.63, 3.8) is 0 Å². The molecule has 0 radical (unpaired) electrons. The number of carbonyl (C=O) groups excluding carboxylic acids is 1. The van der Waals surface area contributed by atoms with Gasteiger partial charge in [0.15, 0.2) is 0 Å². The third-order valence-corrected chi connectivity index (χ3v) is 4.88. The number of aromatic nitrogens is 3. The molecular weight excluding hydrogens is 382 g/mol. The van der Waals surface area contributed by atoms with Crippen molar-refractivity contribution in [3.8, 4) is 0 Å². The molecular formula is C22H22N5O3+. The fourth-order valence-electron chi connectivity index (χ4n) is 3.37. The number of pyridine rings is 2. The summed E-state index contributed by atoms with van der Waals surface area (Å²) >= 11 is 0. The summed E-state index contributed by atoms with van der Waals surface area (Å²) in [5.74, 6) is -0.126. The van der Waals surface area contributed by atoms with Gasteiger partial charge >= 0.3 is 0 Å². The second-order valence-electron chi connectivity index (χ2n) is 6.85. The standard InChI is InChI=1S/C22H21N5O3/c1-30-12-10-24-21(28)16-13-17-20(25-18-9-5-6-11-26(18)22(17)29)27(19(16)23)14-15-7-3-2-4-8-15/h2-9,11,13,23H,10,12,14H2,1H3,(H,24,28)/p+1. The van der Waals surface area contributed by atoms with Crippen molar-refractivity contribution < 1.29 is 14.1 Å². The highest BCUT2D eigenvalue weighted by Gasteiger charge is 2.24. The summed E-state index contributed by atoms with van der Waals surface area (Å²) in [4.78, 5) is 30.6. The highest BCUT2D eigenvalue weighted by atomic mass is 16.5. The van der Waals surface area contributed by atoms with Crippen LogP contribution >= 0.6 is 0 Å². The van der Waals surface area contributed by atoms with Gasteiger partial charge in [0.1, 0.15) is 10.9 Å². The number of ether oxygens (including phenoxy) is 1. The van der Waals surface area contributed by atoms with Crippen LogP contribution in [0, 0.1) is 0 Å². The number of nitrogens with zero attached hydrogens (tertiary/aromatic N) is 3. The van der Waals surface area contributed by atoms with Crippen LogP contribution in [0.3, 0.4) is 0 Å². The number of amides is 1. The number of fused-ring (bicyclic) bond motifs is 2. The molecule has 4 rings (SSSR count). The van der Waals surface area contributed by atoms with Crippen LogP contribution in [-0.4, -0.2) is 35.6 Å². The summed E-state index contributed by atoms with van der Waals surface area (Å²) in [5, 5.41) is 3.09. The van der Waals surface area contributed by atoms with Crippen LogP contribution in [-0.2, 0) is 11.3 Å². The molecule has 0 saturated carbocycles. The molecule has 0 unspecified atom stereocenters. The van der Waals surface area contributed by atoms with Gasteiger partial charge in [-0.3, -0.25) is 14.0 Å². The van der Waals surface area contributed by atoms with Crippen molar-refractivity contribution in [2.45, 2.75) is 6.54 Å². The maximum Gasteiger partial charge on any atom is 0.278 e. The summed E-state index contributed by atoms with van der Waals surface area (Å²) < 4.78 is 8.15. The molecule has 152 valence electrons. The average molecular weight is 404 g/mol. The maximum atomic E-state index is 13.2. The van der Waals surface area contributed by atoms with E-state index in [-0.39, 0.29) is 22.8 Å². The van der Waals surface area contributed by atoms with Gasteiger partial charge in [-0.05, 0) is 23.8 Å². The van der Waals surface area contributed by atoms with Crippen molar-refractivity contribution in [1.82, 2.24) is 14.7 Å². The van der Waals surface area contributed by atoms with Gasteiger partial charge < -0.3 is 15.8 Å². The third-order valence-electron chi connectivity index (χ3n) is 4.88. The van der Waals surface area contributed by atoms with E-state index in [2.05, 4.69) is 10.3 Å².